The molecule has 1 aromatic rings. The standard InChI is InChI=1S/C14H22BrNS/c1-5-12(16)9-10-8-11(15)6-7-13(10)17-14(2,3)4/h6-8,12H,5,9,16H2,1-4H3. The Labute approximate surface area is 118 Å². The van der Waals surface area contributed by atoms with Crippen molar-refractivity contribution in [2.45, 2.75) is 56.2 Å². The van der Waals surface area contributed by atoms with Gasteiger partial charge in [0.25, 0.3) is 0 Å². The molecule has 3 heteroatoms. The van der Waals surface area contributed by atoms with Crippen LogP contribution in [-0.2, 0) is 6.42 Å². The monoisotopic (exact) mass is 315 g/mol. The van der Waals surface area contributed by atoms with Crippen molar-refractivity contribution in [3.8, 4) is 0 Å². The third kappa shape index (κ3) is 5.45. The van der Waals surface area contributed by atoms with Gasteiger partial charge in [0.1, 0.15) is 0 Å². The first-order valence-electron chi connectivity index (χ1n) is 6.05. The second-order valence-corrected chi connectivity index (χ2v) is 8.12. The molecule has 0 aliphatic rings. The van der Waals surface area contributed by atoms with E-state index in [1.54, 1.807) is 0 Å². The second kappa shape index (κ2) is 6.26. The van der Waals surface area contributed by atoms with E-state index in [2.05, 4.69) is 61.8 Å². The van der Waals surface area contributed by atoms with Crippen molar-refractivity contribution >= 4 is 27.7 Å². The first kappa shape index (κ1) is 15.1. The molecule has 0 saturated carbocycles. The molecule has 0 heterocycles. The van der Waals surface area contributed by atoms with E-state index in [4.69, 9.17) is 5.73 Å². The van der Waals surface area contributed by atoms with Crippen molar-refractivity contribution in [3.05, 3.63) is 28.2 Å². The maximum Gasteiger partial charge on any atom is 0.0178 e. The van der Waals surface area contributed by atoms with Gasteiger partial charge in [0.15, 0.2) is 0 Å². The van der Waals surface area contributed by atoms with Crippen molar-refractivity contribution in [2.75, 3.05) is 0 Å². The Hall–Kier alpha value is 0.01000. The maximum atomic E-state index is 6.06. The highest BCUT2D eigenvalue weighted by molar-refractivity contribution is 9.10. The van der Waals surface area contributed by atoms with Crippen molar-refractivity contribution < 1.29 is 0 Å². The quantitative estimate of drug-likeness (QED) is 0.820. The fraction of sp³-hybridized carbons (Fsp3) is 0.571. The van der Waals surface area contributed by atoms with Crippen LogP contribution in [0, 0.1) is 0 Å². The van der Waals surface area contributed by atoms with Gasteiger partial charge >= 0.3 is 0 Å². The predicted octanol–water partition coefficient (Wildman–Crippen LogP) is 4.62. The number of halogens is 1. The Balaban J connectivity index is 2.95. The summed E-state index contributed by atoms with van der Waals surface area (Å²) in [4.78, 5) is 1.35. The van der Waals surface area contributed by atoms with Gasteiger partial charge in [-0.2, -0.15) is 0 Å². The summed E-state index contributed by atoms with van der Waals surface area (Å²) in [5, 5.41) is 0. The number of benzene rings is 1. The lowest BCUT2D eigenvalue weighted by Crippen LogP contribution is -2.22. The zero-order valence-corrected chi connectivity index (χ0v) is 13.5. The molecule has 2 N–H and O–H groups in total. The van der Waals surface area contributed by atoms with Gasteiger partial charge in [-0.1, -0.05) is 43.6 Å². The molecule has 0 saturated heterocycles. The summed E-state index contributed by atoms with van der Waals surface area (Å²) in [7, 11) is 0. The molecular weight excluding hydrogens is 294 g/mol. The van der Waals surface area contributed by atoms with E-state index in [0.717, 1.165) is 17.3 Å². The minimum atomic E-state index is 0.235. The molecule has 0 radical (unpaired) electrons. The zero-order chi connectivity index (χ0) is 13.1. The van der Waals surface area contributed by atoms with Gasteiger partial charge in [0.2, 0.25) is 0 Å². The van der Waals surface area contributed by atoms with Crippen LogP contribution in [0.25, 0.3) is 0 Å². The predicted molar refractivity (Wildman–Crippen MR) is 81.7 cm³/mol. The number of hydrogen-bond donors (Lipinski definition) is 1. The molecule has 0 spiro atoms. The highest BCUT2D eigenvalue weighted by Crippen LogP contribution is 2.35. The summed E-state index contributed by atoms with van der Waals surface area (Å²) in [5.74, 6) is 0. The lowest BCUT2D eigenvalue weighted by molar-refractivity contribution is 0.640. The van der Waals surface area contributed by atoms with Gasteiger partial charge in [-0.15, -0.1) is 11.8 Å². The number of thioether (sulfide) groups is 1. The van der Waals surface area contributed by atoms with E-state index in [0.29, 0.717) is 0 Å². The first-order chi connectivity index (χ1) is 7.81. The summed E-state index contributed by atoms with van der Waals surface area (Å²) >= 11 is 5.45. The fourth-order valence-electron chi connectivity index (χ4n) is 1.56. The van der Waals surface area contributed by atoms with Crippen molar-refractivity contribution in [3.63, 3.8) is 0 Å². The number of nitrogens with two attached hydrogens (primary N) is 1. The summed E-state index contributed by atoms with van der Waals surface area (Å²) < 4.78 is 1.37. The molecule has 0 amide bonds. The zero-order valence-electron chi connectivity index (χ0n) is 11.1. The average Bonchev–Trinajstić information content (AvgIpc) is 2.20. The summed E-state index contributed by atoms with van der Waals surface area (Å²) in [6, 6.07) is 6.75. The molecule has 0 aliphatic heterocycles. The van der Waals surface area contributed by atoms with E-state index in [9.17, 15) is 0 Å². The second-order valence-electron chi connectivity index (χ2n) is 5.34. The summed E-state index contributed by atoms with van der Waals surface area (Å²) in [6.45, 7) is 8.86. The van der Waals surface area contributed by atoms with E-state index in [-0.39, 0.29) is 10.8 Å². The summed E-state index contributed by atoms with van der Waals surface area (Å²) in [6.07, 6.45) is 1.97. The van der Waals surface area contributed by atoms with Crippen molar-refractivity contribution in [1.29, 1.82) is 0 Å². The van der Waals surface area contributed by atoms with E-state index in [1.165, 1.54) is 10.5 Å². The molecular formula is C14H22BrNS. The molecule has 0 aliphatic carbocycles. The fourth-order valence-corrected chi connectivity index (χ4v) is 3.04. The van der Waals surface area contributed by atoms with Crippen molar-refractivity contribution in [2.24, 2.45) is 5.73 Å². The van der Waals surface area contributed by atoms with Crippen LogP contribution in [0.1, 0.15) is 39.7 Å². The molecule has 1 aromatic carbocycles. The van der Waals surface area contributed by atoms with Gasteiger partial charge in [-0.3, -0.25) is 0 Å². The van der Waals surface area contributed by atoms with Gasteiger partial charge in [0, 0.05) is 20.2 Å². The van der Waals surface area contributed by atoms with Gasteiger partial charge in [0.05, 0.1) is 0 Å². The van der Waals surface area contributed by atoms with E-state index in [1.807, 2.05) is 11.8 Å². The van der Waals surface area contributed by atoms with Crippen LogP contribution in [0.2, 0.25) is 0 Å². The SMILES string of the molecule is CCC(N)Cc1cc(Br)ccc1SC(C)(C)C. The van der Waals surface area contributed by atoms with Crippen molar-refractivity contribution in [1.82, 2.24) is 0 Å². The lowest BCUT2D eigenvalue weighted by atomic mass is 10.1. The minimum Gasteiger partial charge on any atom is -0.327 e. The molecule has 0 aromatic heterocycles. The first-order valence-corrected chi connectivity index (χ1v) is 7.66. The smallest absolute Gasteiger partial charge is 0.0178 e. The average molecular weight is 316 g/mol. The Morgan fingerprint density at radius 2 is 2.00 bits per heavy atom. The molecule has 1 unspecified atom stereocenters. The molecule has 1 rings (SSSR count). The van der Waals surface area contributed by atoms with Gasteiger partial charge in [-0.05, 0) is 36.6 Å². The largest absolute Gasteiger partial charge is 0.327 e. The maximum absolute atomic E-state index is 6.06. The van der Waals surface area contributed by atoms with Crippen LogP contribution in [0.15, 0.2) is 27.6 Å². The Kier molecular flexibility index (Phi) is 5.55. The Morgan fingerprint density at radius 1 is 1.35 bits per heavy atom. The number of hydrogen-bond acceptors (Lipinski definition) is 2. The third-order valence-corrected chi connectivity index (χ3v) is 4.17. The van der Waals surface area contributed by atoms with Gasteiger partial charge < -0.3 is 5.73 Å². The van der Waals surface area contributed by atoms with E-state index < -0.39 is 0 Å². The topological polar surface area (TPSA) is 26.0 Å². The highest BCUT2D eigenvalue weighted by Gasteiger charge is 2.16. The number of rotatable bonds is 4. The molecule has 1 atom stereocenters. The van der Waals surface area contributed by atoms with Crippen LogP contribution in [0.4, 0.5) is 0 Å². The van der Waals surface area contributed by atoms with E-state index >= 15 is 0 Å². The Bertz CT molecular complexity index is 371. The molecule has 0 bridgehead atoms. The van der Waals surface area contributed by atoms with Crippen LogP contribution < -0.4 is 5.73 Å². The van der Waals surface area contributed by atoms with Crippen LogP contribution in [0.3, 0.4) is 0 Å². The lowest BCUT2D eigenvalue weighted by Gasteiger charge is -2.21. The molecule has 96 valence electrons. The van der Waals surface area contributed by atoms with Crippen LogP contribution in [-0.4, -0.2) is 10.8 Å². The highest BCUT2D eigenvalue weighted by atomic mass is 79.9. The summed E-state index contributed by atoms with van der Waals surface area (Å²) in [5.41, 5.74) is 7.42. The third-order valence-electron chi connectivity index (χ3n) is 2.45. The molecule has 0 fully saturated rings. The normalized spacial score (nSPS) is 13.8. The molecule has 17 heavy (non-hydrogen) atoms. The van der Waals surface area contributed by atoms with Crippen LogP contribution in [0.5, 0.6) is 0 Å². The van der Waals surface area contributed by atoms with Crippen LogP contribution >= 0.6 is 27.7 Å². The Morgan fingerprint density at radius 3 is 2.53 bits per heavy atom. The minimum absolute atomic E-state index is 0.235. The molecule has 1 nitrogen and oxygen atoms in total. The van der Waals surface area contributed by atoms with Gasteiger partial charge in [-0.25, -0.2) is 0 Å².